The predicted molar refractivity (Wildman–Crippen MR) is 214 cm³/mol. The number of anilines is 1. The molecule has 3 aromatic heterocycles. The highest BCUT2D eigenvalue weighted by atomic mass is 31.2. The molecule has 16 nitrogen and oxygen atoms in total. The van der Waals surface area contributed by atoms with E-state index in [1.54, 1.807) is 0 Å². The molecule has 5 N–H and O–H groups in total. The molecule has 0 aromatic carbocycles. The minimum absolute atomic E-state index is 0.0248. The Balaban J connectivity index is 1.23. The number of fused-ring (bicyclic) bond motifs is 1. The molecule has 7 atom stereocenters. The number of nitrogen functional groups attached to an aromatic ring is 1. The van der Waals surface area contributed by atoms with Crippen LogP contribution < -0.4 is 5.73 Å². The van der Waals surface area contributed by atoms with E-state index in [9.17, 15) is 38.1 Å². The number of phosphoric ester groups is 1. The summed E-state index contributed by atoms with van der Waals surface area (Å²) in [6, 6.07) is 4.81. The molecule has 0 spiro atoms. The van der Waals surface area contributed by atoms with Crippen molar-refractivity contribution in [1.29, 1.82) is 5.26 Å². The summed E-state index contributed by atoms with van der Waals surface area (Å²) in [7, 11) is -4.94. The summed E-state index contributed by atoms with van der Waals surface area (Å²) >= 11 is 0. The fourth-order valence-corrected chi connectivity index (χ4v) is 8.08. The van der Waals surface area contributed by atoms with E-state index in [1.807, 2.05) is 6.07 Å². The Kier molecular flexibility index (Phi) is 20.0. The molecule has 1 aliphatic rings. The lowest BCUT2D eigenvalue weighted by atomic mass is 9.92. The first kappa shape index (κ1) is 49.3. The van der Waals surface area contributed by atoms with E-state index in [1.165, 1.54) is 101 Å². The molecule has 0 amide bonds. The van der Waals surface area contributed by atoms with Crippen LogP contribution in [0.4, 0.5) is 19.0 Å². The molecule has 0 bridgehead atoms. The quantitative estimate of drug-likeness (QED) is 0.0395. The van der Waals surface area contributed by atoms with Crippen molar-refractivity contribution in [1.82, 2.24) is 24.6 Å². The van der Waals surface area contributed by atoms with Gasteiger partial charge in [-0.2, -0.15) is 23.5 Å². The Morgan fingerprint density at radius 2 is 1.53 bits per heavy atom. The maximum Gasteiger partial charge on any atom is 0.472 e. The van der Waals surface area contributed by atoms with Crippen molar-refractivity contribution in [3.8, 4) is 6.07 Å². The van der Waals surface area contributed by atoms with Gasteiger partial charge in [-0.1, -0.05) is 103 Å². The summed E-state index contributed by atoms with van der Waals surface area (Å²) < 4.78 is 81.3. The zero-order chi connectivity index (χ0) is 43.6. The number of nitriles is 1. The van der Waals surface area contributed by atoms with Crippen molar-refractivity contribution in [2.24, 2.45) is 0 Å². The molecule has 1 aliphatic heterocycles. The highest BCUT2D eigenvalue weighted by molar-refractivity contribution is 7.47. The maximum atomic E-state index is 13.2. The molecular formula is C40H61F3N7O9P. The summed E-state index contributed by atoms with van der Waals surface area (Å²) in [5.41, 5.74) is 4.27. The number of aliphatic hydroxyl groups is 2. The van der Waals surface area contributed by atoms with Gasteiger partial charge >= 0.3 is 14.0 Å². The van der Waals surface area contributed by atoms with Crippen LogP contribution in [-0.4, -0.2) is 90.0 Å². The zero-order valence-electron chi connectivity index (χ0n) is 34.5. The molecule has 20 heteroatoms. The first-order valence-electron chi connectivity index (χ1n) is 21.0. The van der Waals surface area contributed by atoms with Gasteiger partial charge in [-0.05, 0) is 25.5 Å². The number of halogens is 3. The summed E-state index contributed by atoms with van der Waals surface area (Å²) in [6.45, 7) is 3.01. The summed E-state index contributed by atoms with van der Waals surface area (Å²) in [6.07, 6.45) is 10.5. The van der Waals surface area contributed by atoms with Gasteiger partial charge in [0.25, 0.3) is 0 Å². The fraction of sp³-hybridized carbons (Fsp3) is 0.725. The number of hydrogen-bond donors (Lipinski definition) is 4. The molecule has 1 saturated heterocycles. The molecule has 2 unspecified atom stereocenters. The van der Waals surface area contributed by atoms with Crippen molar-refractivity contribution in [3.63, 3.8) is 0 Å². The van der Waals surface area contributed by atoms with Crippen LogP contribution in [0.25, 0.3) is 5.52 Å². The highest BCUT2D eigenvalue weighted by Gasteiger charge is 2.59. The number of hydrogen-bond acceptors (Lipinski definition) is 14. The third-order valence-electron chi connectivity index (χ3n) is 10.5. The Hall–Kier alpha value is -3.31. The average Bonchev–Trinajstić information content (AvgIpc) is 3.77. The fourth-order valence-electron chi connectivity index (χ4n) is 7.12. The van der Waals surface area contributed by atoms with Crippen molar-refractivity contribution < 1.29 is 56.1 Å². The Labute approximate surface area is 349 Å². The van der Waals surface area contributed by atoms with Crippen molar-refractivity contribution >= 4 is 19.2 Å². The topological polar surface area (TPSA) is 230 Å². The first-order valence-corrected chi connectivity index (χ1v) is 22.5. The van der Waals surface area contributed by atoms with Gasteiger partial charge < -0.3 is 35.1 Å². The summed E-state index contributed by atoms with van der Waals surface area (Å²) in [5, 5.41) is 36.3. The van der Waals surface area contributed by atoms with Gasteiger partial charge in [-0.3, -0.25) is 9.05 Å². The van der Waals surface area contributed by atoms with Crippen LogP contribution in [0.2, 0.25) is 0 Å². The second kappa shape index (κ2) is 24.4. The highest BCUT2D eigenvalue weighted by Crippen LogP contribution is 2.48. The van der Waals surface area contributed by atoms with E-state index >= 15 is 0 Å². The van der Waals surface area contributed by atoms with Crippen LogP contribution in [0, 0.1) is 11.3 Å². The van der Waals surface area contributed by atoms with E-state index in [2.05, 4.69) is 27.0 Å². The minimum Gasteiger partial charge on any atom is -0.387 e. The molecular weight excluding hydrogens is 810 g/mol. The smallest absolute Gasteiger partial charge is 0.387 e. The van der Waals surface area contributed by atoms with E-state index in [-0.39, 0.29) is 30.3 Å². The van der Waals surface area contributed by atoms with Gasteiger partial charge in [0.15, 0.2) is 5.82 Å². The van der Waals surface area contributed by atoms with E-state index < -0.39 is 62.6 Å². The molecule has 0 radical (unpaired) electrons. The molecule has 1 fully saturated rings. The van der Waals surface area contributed by atoms with Gasteiger partial charge in [0, 0.05) is 24.6 Å². The third-order valence-corrected chi connectivity index (χ3v) is 11.6. The SMILES string of the molecule is CCCCCCCCCCCCCCCCCCOC[C@H](COP(=O)(O)O[C@@H](C)C1O[C@@](C#N)(c2ccc3c(N)ncnn23)[C@H](O)[C@@H]1O)OCc1cnc(C(F)(F)F)nc1. The minimum atomic E-state index is -4.94. The number of nitrogens with zero attached hydrogens (tertiary/aromatic N) is 6. The van der Waals surface area contributed by atoms with E-state index in [0.29, 0.717) is 12.1 Å². The first-order chi connectivity index (χ1) is 28.7. The number of unbranched alkanes of at least 4 members (excludes halogenated alkanes) is 15. The number of alkyl halides is 3. The monoisotopic (exact) mass is 871 g/mol. The summed E-state index contributed by atoms with van der Waals surface area (Å²) in [5.74, 6) is -1.22. The van der Waals surface area contributed by atoms with Crippen LogP contribution in [0.1, 0.15) is 134 Å². The summed E-state index contributed by atoms with van der Waals surface area (Å²) in [4.78, 5) is 21.3. The third kappa shape index (κ3) is 14.7. The lowest BCUT2D eigenvalue weighted by molar-refractivity contribution is -0.145. The Morgan fingerprint density at radius 3 is 2.10 bits per heavy atom. The Bertz CT molecular complexity index is 1800. The molecule has 3 aromatic rings. The number of aromatic nitrogens is 5. The van der Waals surface area contributed by atoms with Crippen molar-refractivity contribution in [2.75, 3.05) is 25.6 Å². The van der Waals surface area contributed by atoms with Crippen LogP contribution in [-0.2, 0) is 46.2 Å². The number of nitrogens with two attached hydrogens (primary N) is 1. The molecule has 0 saturated carbocycles. The van der Waals surface area contributed by atoms with Crippen molar-refractivity contribution in [2.45, 2.75) is 165 Å². The molecule has 0 aliphatic carbocycles. The number of rotatable bonds is 29. The van der Waals surface area contributed by atoms with Crippen LogP contribution in [0.5, 0.6) is 0 Å². The number of aliphatic hydroxyl groups excluding tert-OH is 2. The van der Waals surface area contributed by atoms with Gasteiger partial charge in [0.2, 0.25) is 11.4 Å². The maximum absolute atomic E-state index is 13.2. The van der Waals surface area contributed by atoms with Crippen LogP contribution in [0.15, 0.2) is 30.9 Å². The average molecular weight is 872 g/mol. The van der Waals surface area contributed by atoms with Crippen LogP contribution >= 0.6 is 7.82 Å². The van der Waals surface area contributed by atoms with Crippen LogP contribution in [0.3, 0.4) is 0 Å². The molecule has 4 rings (SSSR count). The standard InChI is InChI=1S/C40H61F3N7O9P/c1-3-4-5-6-7-8-9-10-11-12-13-14-15-16-17-18-21-55-25-31(56-24-30-22-46-38(47-23-30)40(41,42)43)26-57-60(53,54)59-29(2)35-34(51)36(52)39(27-44,58-35)33-20-19-32-37(45)48-28-49-50(32)33/h19-20,22-23,28-29,31,34-36,51-52H,3-18,21,24-26H2,1-2H3,(H,53,54)(H2,45,48,49)/t29-,31+,34+,35?,36+,39-/m0/s1. The lowest BCUT2D eigenvalue weighted by Gasteiger charge is -2.26. The van der Waals surface area contributed by atoms with Crippen molar-refractivity contribution in [3.05, 3.63) is 47.9 Å². The van der Waals surface area contributed by atoms with Gasteiger partial charge in [0.05, 0.1) is 31.6 Å². The number of ether oxygens (including phenoxy) is 3. The van der Waals surface area contributed by atoms with Gasteiger partial charge in [-0.15, -0.1) is 0 Å². The normalized spacial score (nSPS) is 21.6. The largest absolute Gasteiger partial charge is 0.472 e. The molecule has 60 heavy (non-hydrogen) atoms. The molecule has 336 valence electrons. The molecule has 4 heterocycles. The van der Waals surface area contributed by atoms with Gasteiger partial charge in [0.1, 0.15) is 42.3 Å². The zero-order valence-corrected chi connectivity index (χ0v) is 35.4. The predicted octanol–water partition coefficient (Wildman–Crippen LogP) is 7.35. The second-order valence-electron chi connectivity index (χ2n) is 15.3. The van der Waals surface area contributed by atoms with E-state index in [0.717, 1.165) is 44.4 Å². The van der Waals surface area contributed by atoms with E-state index in [4.69, 9.17) is 29.0 Å². The second-order valence-corrected chi connectivity index (χ2v) is 16.7. The van der Waals surface area contributed by atoms with Gasteiger partial charge in [-0.25, -0.2) is 24.0 Å². The Morgan fingerprint density at radius 1 is 0.950 bits per heavy atom. The number of phosphoric acid groups is 1. The lowest BCUT2D eigenvalue weighted by Crippen LogP contribution is -2.41.